The van der Waals surface area contributed by atoms with Crippen LogP contribution in [-0.2, 0) is 0 Å². The molecule has 0 aromatic carbocycles. The molecule has 0 aliphatic rings. The summed E-state index contributed by atoms with van der Waals surface area (Å²) in [5.74, 6) is -0.323. The largest absolute Gasteiger partial charge is 0.503 e. The molecule has 0 unspecified atom stereocenters. The molecule has 4 heteroatoms. The molecule has 1 aromatic heterocycles. The summed E-state index contributed by atoms with van der Waals surface area (Å²) in [7, 11) is 0. The fourth-order valence-corrected chi connectivity index (χ4v) is 0.876. The van der Waals surface area contributed by atoms with Gasteiger partial charge in [0.25, 0.3) is 0 Å². The number of hydrogen-bond acceptors (Lipinski definition) is 3. The van der Waals surface area contributed by atoms with E-state index in [1.165, 1.54) is 6.92 Å². The first-order valence-corrected chi connectivity index (χ1v) is 3.40. The molecule has 11 heavy (non-hydrogen) atoms. The zero-order valence-electron chi connectivity index (χ0n) is 6.14. The van der Waals surface area contributed by atoms with Gasteiger partial charge in [-0.15, -0.1) is 0 Å². The van der Waals surface area contributed by atoms with Crippen LogP contribution in [0.25, 0.3) is 0 Å². The summed E-state index contributed by atoms with van der Waals surface area (Å²) in [6, 6.07) is 0. The van der Waals surface area contributed by atoms with Crippen LogP contribution in [0, 0.1) is 6.92 Å². The quantitative estimate of drug-likeness (QED) is 0.664. The Bertz CT molecular complexity index is 301. The van der Waals surface area contributed by atoms with E-state index in [9.17, 15) is 4.79 Å². The Morgan fingerprint density at radius 2 is 2.18 bits per heavy atom. The standard InChI is InChI=1S/C7H7ClO3/c1-3(9)7-6(10)5(8)4(2)11-7/h10H,1-2H3. The minimum atomic E-state index is -0.336. The Kier molecular flexibility index (Phi) is 1.91. The van der Waals surface area contributed by atoms with Crippen molar-refractivity contribution in [3.63, 3.8) is 0 Å². The first-order chi connectivity index (χ1) is 5.04. The number of halogens is 1. The second-order valence-corrected chi connectivity index (χ2v) is 2.58. The van der Waals surface area contributed by atoms with Crippen LogP contribution in [0.15, 0.2) is 4.42 Å². The van der Waals surface area contributed by atoms with Crippen LogP contribution >= 0.6 is 11.6 Å². The zero-order chi connectivity index (χ0) is 8.59. The van der Waals surface area contributed by atoms with Crippen LogP contribution in [0.2, 0.25) is 5.02 Å². The van der Waals surface area contributed by atoms with Crippen molar-refractivity contribution in [1.29, 1.82) is 0 Å². The Morgan fingerprint density at radius 3 is 2.36 bits per heavy atom. The number of hydrogen-bond donors (Lipinski definition) is 1. The number of aryl methyl sites for hydroxylation is 1. The van der Waals surface area contributed by atoms with Gasteiger partial charge in [-0.2, -0.15) is 0 Å². The number of ketones is 1. The molecule has 0 saturated heterocycles. The Hall–Kier alpha value is -0.960. The monoisotopic (exact) mass is 174 g/mol. The van der Waals surface area contributed by atoms with Crippen molar-refractivity contribution in [2.24, 2.45) is 0 Å². The molecule has 0 aliphatic heterocycles. The molecule has 1 aromatic rings. The van der Waals surface area contributed by atoms with Crippen molar-refractivity contribution in [2.75, 3.05) is 0 Å². The van der Waals surface area contributed by atoms with Gasteiger partial charge < -0.3 is 9.52 Å². The first-order valence-electron chi connectivity index (χ1n) is 3.02. The summed E-state index contributed by atoms with van der Waals surface area (Å²) in [4.78, 5) is 10.7. The molecule has 0 radical (unpaired) electrons. The van der Waals surface area contributed by atoms with Crippen molar-refractivity contribution < 1.29 is 14.3 Å². The molecular weight excluding hydrogens is 168 g/mol. The van der Waals surface area contributed by atoms with E-state index in [4.69, 9.17) is 21.1 Å². The molecule has 0 atom stereocenters. The van der Waals surface area contributed by atoms with Gasteiger partial charge in [0.2, 0.25) is 5.76 Å². The average Bonchev–Trinajstić information content (AvgIpc) is 2.17. The second-order valence-electron chi connectivity index (χ2n) is 2.21. The minimum absolute atomic E-state index is 0.0764. The highest BCUT2D eigenvalue weighted by Crippen LogP contribution is 2.33. The zero-order valence-corrected chi connectivity index (χ0v) is 6.90. The number of carbonyl (C=O) groups is 1. The maximum Gasteiger partial charge on any atom is 0.212 e. The molecule has 3 nitrogen and oxygen atoms in total. The van der Waals surface area contributed by atoms with E-state index in [1.807, 2.05) is 0 Å². The van der Waals surface area contributed by atoms with Gasteiger partial charge in [0, 0.05) is 6.92 Å². The normalized spacial score (nSPS) is 10.1. The summed E-state index contributed by atoms with van der Waals surface area (Å²) in [6.45, 7) is 2.88. The van der Waals surface area contributed by atoms with Crippen molar-refractivity contribution in [3.05, 3.63) is 16.5 Å². The van der Waals surface area contributed by atoms with Crippen molar-refractivity contribution >= 4 is 17.4 Å². The average molecular weight is 175 g/mol. The number of Topliss-reactive ketones (excluding diaryl/α,β-unsaturated/α-hetero) is 1. The molecule has 1 N–H and O–H groups in total. The smallest absolute Gasteiger partial charge is 0.212 e. The summed E-state index contributed by atoms with van der Waals surface area (Å²) >= 11 is 5.55. The van der Waals surface area contributed by atoms with E-state index in [0.717, 1.165) is 0 Å². The van der Waals surface area contributed by atoms with Gasteiger partial charge in [0.1, 0.15) is 10.8 Å². The van der Waals surface area contributed by atoms with Crippen LogP contribution in [0.3, 0.4) is 0 Å². The lowest BCUT2D eigenvalue weighted by Crippen LogP contribution is -1.87. The van der Waals surface area contributed by atoms with Gasteiger partial charge in [-0.05, 0) is 6.92 Å². The topological polar surface area (TPSA) is 50.4 Å². The molecule has 0 amide bonds. The van der Waals surface area contributed by atoms with Crippen LogP contribution in [0.1, 0.15) is 23.2 Å². The summed E-state index contributed by atoms with van der Waals surface area (Å²) in [5, 5.41) is 9.25. The van der Waals surface area contributed by atoms with E-state index in [0.29, 0.717) is 5.76 Å². The fraction of sp³-hybridized carbons (Fsp3) is 0.286. The summed E-state index contributed by atoms with van der Waals surface area (Å²) in [6.07, 6.45) is 0. The lowest BCUT2D eigenvalue weighted by molar-refractivity contribution is 0.0982. The molecule has 0 fully saturated rings. The van der Waals surface area contributed by atoms with Gasteiger partial charge in [0.05, 0.1) is 0 Å². The highest BCUT2D eigenvalue weighted by atomic mass is 35.5. The Balaban J connectivity index is 3.29. The van der Waals surface area contributed by atoms with E-state index < -0.39 is 0 Å². The molecule has 1 heterocycles. The van der Waals surface area contributed by atoms with Gasteiger partial charge in [-0.25, -0.2) is 0 Å². The highest BCUT2D eigenvalue weighted by Gasteiger charge is 2.17. The Labute approximate surface area is 68.6 Å². The first kappa shape index (κ1) is 8.14. The van der Waals surface area contributed by atoms with Crippen LogP contribution < -0.4 is 0 Å². The molecule has 0 bridgehead atoms. The van der Waals surface area contributed by atoms with Gasteiger partial charge >= 0.3 is 0 Å². The minimum Gasteiger partial charge on any atom is -0.503 e. The van der Waals surface area contributed by atoms with Gasteiger partial charge in [0.15, 0.2) is 11.5 Å². The van der Waals surface area contributed by atoms with Gasteiger partial charge in [-0.1, -0.05) is 11.6 Å². The molecule has 0 spiro atoms. The second kappa shape index (κ2) is 2.58. The summed E-state index contributed by atoms with van der Waals surface area (Å²) < 4.78 is 4.88. The molecule has 1 rings (SSSR count). The molecule has 60 valence electrons. The van der Waals surface area contributed by atoms with Crippen molar-refractivity contribution in [2.45, 2.75) is 13.8 Å². The highest BCUT2D eigenvalue weighted by molar-refractivity contribution is 6.33. The third-order valence-electron chi connectivity index (χ3n) is 1.31. The Morgan fingerprint density at radius 1 is 1.64 bits per heavy atom. The van der Waals surface area contributed by atoms with Gasteiger partial charge in [-0.3, -0.25) is 4.79 Å². The van der Waals surface area contributed by atoms with Crippen LogP contribution in [-0.4, -0.2) is 10.9 Å². The maximum absolute atomic E-state index is 10.7. The SMILES string of the molecule is CC(=O)c1oc(C)c(Cl)c1O. The lowest BCUT2D eigenvalue weighted by Gasteiger charge is -1.87. The van der Waals surface area contributed by atoms with Crippen molar-refractivity contribution in [1.82, 2.24) is 0 Å². The van der Waals surface area contributed by atoms with E-state index in [1.54, 1.807) is 6.92 Å². The number of carbonyl (C=O) groups excluding carboxylic acids is 1. The van der Waals surface area contributed by atoms with E-state index in [2.05, 4.69) is 0 Å². The predicted octanol–water partition coefficient (Wildman–Crippen LogP) is 2.15. The lowest BCUT2D eigenvalue weighted by atomic mass is 10.3. The van der Waals surface area contributed by atoms with E-state index in [-0.39, 0.29) is 22.3 Å². The number of furan rings is 1. The third-order valence-corrected chi connectivity index (χ3v) is 1.75. The molecular formula is C7H7ClO3. The van der Waals surface area contributed by atoms with E-state index >= 15 is 0 Å². The molecule has 0 aliphatic carbocycles. The molecule has 0 saturated carbocycles. The number of rotatable bonds is 1. The fourth-order valence-electron chi connectivity index (χ4n) is 0.751. The predicted molar refractivity (Wildman–Crippen MR) is 40.1 cm³/mol. The van der Waals surface area contributed by atoms with Crippen LogP contribution in [0.5, 0.6) is 5.75 Å². The van der Waals surface area contributed by atoms with Crippen LogP contribution in [0.4, 0.5) is 0 Å². The van der Waals surface area contributed by atoms with Crippen molar-refractivity contribution in [3.8, 4) is 5.75 Å². The maximum atomic E-state index is 10.7. The number of aromatic hydroxyl groups is 1. The summed E-state index contributed by atoms with van der Waals surface area (Å²) in [5.41, 5.74) is 0. The third kappa shape index (κ3) is 1.24.